The van der Waals surface area contributed by atoms with Crippen LogP contribution in [-0.2, 0) is 19.4 Å². The molecule has 0 bridgehead atoms. The molecular weight excluding hydrogens is 338 g/mol. The van der Waals surface area contributed by atoms with Crippen LogP contribution in [0, 0.1) is 23.2 Å². The highest BCUT2D eigenvalue weighted by molar-refractivity contribution is 7.99. The molecule has 0 saturated carbocycles. The normalized spacial score (nSPS) is 18.1. The van der Waals surface area contributed by atoms with Gasteiger partial charge in [0.2, 0.25) is 0 Å². The van der Waals surface area contributed by atoms with Gasteiger partial charge in [-0.15, -0.1) is 17.9 Å². The van der Waals surface area contributed by atoms with Crippen LogP contribution in [0.4, 0.5) is 0 Å². The van der Waals surface area contributed by atoms with Gasteiger partial charge >= 0.3 is 0 Å². The van der Waals surface area contributed by atoms with E-state index in [4.69, 9.17) is 10.2 Å². The van der Waals surface area contributed by atoms with E-state index in [2.05, 4.69) is 19.6 Å². The summed E-state index contributed by atoms with van der Waals surface area (Å²) in [7, 11) is 0. The van der Waals surface area contributed by atoms with Crippen molar-refractivity contribution >= 4 is 33.3 Å². The number of nitriles is 1. The first-order valence-corrected chi connectivity index (χ1v) is 10.0. The summed E-state index contributed by atoms with van der Waals surface area (Å²) in [5.74, 6) is 1.23. The number of hydrogen-bond donors (Lipinski definition) is 0. The van der Waals surface area contributed by atoms with Crippen molar-refractivity contribution in [1.82, 2.24) is 9.55 Å². The highest BCUT2D eigenvalue weighted by Gasteiger charge is 2.24. The predicted octanol–water partition coefficient (Wildman–Crippen LogP) is 4.02. The van der Waals surface area contributed by atoms with E-state index in [1.165, 1.54) is 22.2 Å². The molecule has 2 aromatic heterocycles. The Morgan fingerprint density at radius 3 is 3.12 bits per heavy atom. The topological polar surface area (TPSA) is 58.7 Å². The van der Waals surface area contributed by atoms with Crippen LogP contribution in [0.15, 0.2) is 22.6 Å². The molecule has 2 atom stereocenters. The lowest BCUT2D eigenvalue weighted by molar-refractivity contribution is 0.509. The third-order valence-electron chi connectivity index (χ3n) is 4.37. The number of aryl methyl sites for hydroxylation is 1. The van der Waals surface area contributed by atoms with Gasteiger partial charge in [-0.25, -0.2) is 4.98 Å². The fourth-order valence-corrected chi connectivity index (χ4v) is 5.42. The molecule has 6 heteroatoms. The van der Waals surface area contributed by atoms with E-state index in [1.807, 2.05) is 6.92 Å². The maximum Gasteiger partial charge on any atom is 0.263 e. The summed E-state index contributed by atoms with van der Waals surface area (Å²) >= 11 is 3.15. The van der Waals surface area contributed by atoms with E-state index < -0.39 is 0 Å². The lowest BCUT2D eigenvalue weighted by Gasteiger charge is -2.17. The zero-order valence-electron chi connectivity index (χ0n) is 14.0. The Labute approximate surface area is 150 Å². The molecule has 2 aromatic rings. The zero-order valence-corrected chi connectivity index (χ0v) is 15.7. The molecule has 0 unspecified atom stereocenters. The Morgan fingerprint density at radius 2 is 2.42 bits per heavy atom. The summed E-state index contributed by atoms with van der Waals surface area (Å²) in [6.07, 6.45) is 4.88. The lowest BCUT2D eigenvalue weighted by Crippen LogP contribution is -2.23. The summed E-state index contributed by atoms with van der Waals surface area (Å²) < 4.78 is 1.70. The van der Waals surface area contributed by atoms with Crippen LogP contribution >= 0.6 is 23.1 Å². The van der Waals surface area contributed by atoms with Crippen LogP contribution in [0.2, 0.25) is 0 Å². The second-order valence-electron chi connectivity index (χ2n) is 6.47. The predicted molar refractivity (Wildman–Crippen MR) is 101 cm³/mol. The van der Waals surface area contributed by atoms with E-state index >= 15 is 0 Å². The van der Waals surface area contributed by atoms with Crippen LogP contribution in [-0.4, -0.2) is 15.3 Å². The number of thiophene rings is 1. The molecule has 1 aliphatic rings. The van der Waals surface area contributed by atoms with Crippen LogP contribution < -0.4 is 5.56 Å². The highest BCUT2D eigenvalue weighted by Crippen LogP contribution is 2.36. The molecular formula is C18H21N3OS2. The number of aromatic nitrogens is 2. The molecule has 0 fully saturated rings. The molecule has 1 aliphatic carbocycles. The molecule has 0 aromatic carbocycles. The van der Waals surface area contributed by atoms with Gasteiger partial charge in [-0.05, 0) is 37.7 Å². The smallest absolute Gasteiger partial charge is 0.263 e. The van der Waals surface area contributed by atoms with Gasteiger partial charge in [0.25, 0.3) is 5.56 Å². The van der Waals surface area contributed by atoms with Gasteiger partial charge in [0, 0.05) is 17.2 Å². The summed E-state index contributed by atoms with van der Waals surface area (Å²) in [6, 6.07) is 2.23. The van der Waals surface area contributed by atoms with E-state index in [9.17, 15) is 4.79 Å². The monoisotopic (exact) mass is 359 g/mol. The van der Waals surface area contributed by atoms with Crippen LogP contribution in [0.1, 0.15) is 30.7 Å². The van der Waals surface area contributed by atoms with E-state index in [-0.39, 0.29) is 11.5 Å². The molecule has 0 aliphatic heterocycles. The molecule has 0 N–H and O–H groups in total. The van der Waals surface area contributed by atoms with Gasteiger partial charge in [0.05, 0.1) is 17.4 Å². The molecule has 126 valence electrons. The Balaban J connectivity index is 2.12. The number of nitrogens with zero attached hydrogens (tertiary/aromatic N) is 3. The molecule has 2 heterocycles. The number of allylic oxidation sites excluding steroid dienone is 1. The standard InChI is InChI=1S/C18H21N3OS2/c1-4-7-21-17(22)15-13-6-5-11(2)8-14(13)24-16(15)20-18(21)23-10-12(3)9-19/h4,11-12H,1,5-8,10H2,2-3H3/t11-,12-/m0/s1. The molecule has 0 radical (unpaired) electrons. The van der Waals surface area contributed by atoms with Crippen molar-refractivity contribution in [3.63, 3.8) is 0 Å². The maximum atomic E-state index is 13.1. The summed E-state index contributed by atoms with van der Waals surface area (Å²) in [4.78, 5) is 20.0. The van der Waals surface area contributed by atoms with E-state index in [0.29, 0.717) is 23.4 Å². The minimum atomic E-state index is -0.0721. The Kier molecular flexibility index (Phi) is 5.12. The van der Waals surface area contributed by atoms with Crippen molar-refractivity contribution in [2.45, 2.75) is 44.8 Å². The number of fused-ring (bicyclic) bond motifs is 3. The van der Waals surface area contributed by atoms with Crippen molar-refractivity contribution in [2.75, 3.05) is 5.75 Å². The minimum absolute atomic E-state index is 0.0408. The first-order chi connectivity index (χ1) is 11.5. The van der Waals surface area contributed by atoms with Crippen LogP contribution in [0.5, 0.6) is 0 Å². The third-order valence-corrected chi connectivity index (χ3v) is 6.76. The van der Waals surface area contributed by atoms with Gasteiger partial charge in [0.15, 0.2) is 5.16 Å². The lowest BCUT2D eigenvalue weighted by atomic mass is 9.89. The Hall–Kier alpha value is -1.58. The second kappa shape index (κ2) is 7.12. The zero-order chi connectivity index (χ0) is 17.3. The minimum Gasteiger partial charge on any atom is -0.283 e. The second-order valence-corrected chi connectivity index (χ2v) is 8.54. The Morgan fingerprint density at radius 1 is 1.62 bits per heavy atom. The molecule has 3 rings (SSSR count). The largest absolute Gasteiger partial charge is 0.283 e. The quantitative estimate of drug-likeness (QED) is 0.460. The fraction of sp³-hybridized carbons (Fsp3) is 0.500. The van der Waals surface area contributed by atoms with Crippen molar-refractivity contribution in [3.8, 4) is 6.07 Å². The SMILES string of the molecule is C=CCn1c(SC[C@@H](C)C#N)nc2sc3c(c2c1=O)CC[C@H](C)C3. The van der Waals surface area contributed by atoms with Gasteiger partial charge < -0.3 is 0 Å². The summed E-state index contributed by atoms with van der Waals surface area (Å²) in [5, 5.41) is 10.5. The molecule has 24 heavy (non-hydrogen) atoms. The van der Waals surface area contributed by atoms with E-state index in [1.54, 1.807) is 22.0 Å². The highest BCUT2D eigenvalue weighted by atomic mass is 32.2. The summed E-state index contributed by atoms with van der Waals surface area (Å²) in [6.45, 7) is 8.37. The molecule has 0 saturated heterocycles. The fourth-order valence-electron chi connectivity index (χ4n) is 3.04. The Bertz CT molecular complexity index is 875. The number of thioether (sulfide) groups is 1. The van der Waals surface area contributed by atoms with Gasteiger partial charge in [-0.2, -0.15) is 5.26 Å². The number of rotatable bonds is 5. The van der Waals surface area contributed by atoms with Crippen molar-refractivity contribution in [1.29, 1.82) is 5.26 Å². The van der Waals surface area contributed by atoms with Gasteiger partial charge in [-0.3, -0.25) is 9.36 Å². The van der Waals surface area contributed by atoms with Crippen LogP contribution in [0.25, 0.3) is 10.2 Å². The average Bonchev–Trinajstić information content (AvgIpc) is 2.92. The maximum absolute atomic E-state index is 13.1. The first-order valence-electron chi connectivity index (χ1n) is 8.23. The average molecular weight is 360 g/mol. The summed E-state index contributed by atoms with van der Waals surface area (Å²) in [5.41, 5.74) is 1.25. The van der Waals surface area contributed by atoms with E-state index in [0.717, 1.165) is 29.5 Å². The molecule has 0 amide bonds. The molecule has 4 nitrogen and oxygen atoms in total. The first kappa shape index (κ1) is 17.2. The van der Waals surface area contributed by atoms with Crippen molar-refractivity contribution < 1.29 is 0 Å². The third kappa shape index (κ3) is 3.15. The van der Waals surface area contributed by atoms with Crippen molar-refractivity contribution in [3.05, 3.63) is 33.4 Å². The van der Waals surface area contributed by atoms with Crippen molar-refractivity contribution in [2.24, 2.45) is 11.8 Å². The van der Waals surface area contributed by atoms with Crippen LogP contribution in [0.3, 0.4) is 0 Å². The van der Waals surface area contributed by atoms with Gasteiger partial charge in [-0.1, -0.05) is 24.8 Å². The number of hydrogen-bond acceptors (Lipinski definition) is 5. The van der Waals surface area contributed by atoms with Gasteiger partial charge in [0.1, 0.15) is 4.83 Å². The molecule has 0 spiro atoms.